The number of carbonyl (C=O) groups is 1. The largest absolute Gasteiger partial charge is 0.496 e. The molecular weight excluding hydrogens is 286 g/mol. The maximum Gasteiger partial charge on any atom is 0.310 e. The Bertz CT molecular complexity index is 466. The van der Waals surface area contributed by atoms with Crippen molar-refractivity contribution in [2.24, 2.45) is 0 Å². The van der Waals surface area contributed by atoms with Crippen LogP contribution in [0.1, 0.15) is 18.1 Å². The van der Waals surface area contributed by atoms with Crippen molar-refractivity contribution in [2.75, 3.05) is 13.7 Å². The van der Waals surface area contributed by atoms with Gasteiger partial charge >= 0.3 is 5.97 Å². The third-order valence-corrected chi connectivity index (χ3v) is 3.00. The molecule has 0 N–H and O–H groups in total. The van der Waals surface area contributed by atoms with Crippen LogP contribution in [-0.2, 0) is 16.0 Å². The maximum atomic E-state index is 11.4. The predicted molar refractivity (Wildman–Crippen MR) is 65.7 cm³/mol. The number of esters is 1. The van der Waals surface area contributed by atoms with E-state index in [1.54, 1.807) is 19.1 Å². The first-order valence-electron chi connectivity index (χ1n) is 5.04. The molecule has 0 amide bonds. The molecule has 5 heteroatoms. The fourth-order valence-electron chi connectivity index (χ4n) is 1.36. The molecule has 0 saturated carbocycles. The minimum atomic E-state index is -0.328. The van der Waals surface area contributed by atoms with Gasteiger partial charge in [-0.25, -0.2) is 0 Å². The summed E-state index contributed by atoms with van der Waals surface area (Å²) in [4.78, 5) is 11.4. The highest BCUT2D eigenvalue weighted by Gasteiger charge is 2.13. The molecule has 0 radical (unpaired) electrons. The summed E-state index contributed by atoms with van der Waals surface area (Å²) in [5.41, 5.74) is 1.13. The summed E-state index contributed by atoms with van der Waals surface area (Å²) in [6.07, 6.45) is 0.111. The van der Waals surface area contributed by atoms with E-state index in [4.69, 9.17) is 14.7 Å². The van der Waals surface area contributed by atoms with Crippen molar-refractivity contribution in [1.82, 2.24) is 0 Å². The lowest BCUT2D eigenvalue weighted by molar-refractivity contribution is -0.142. The highest BCUT2D eigenvalue weighted by Crippen LogP contribution is 2.30. The van der Waals surface area contributed by atoms with Gasteiger partial charge in [0.05, 0.1) is 36.2 Å². The molecule has 0 unspecified atom stereocenters. The van der Waals surface area contributed by atoms with Gasteiger partial charge in [-0.15, -0.1) is 0 Å². The molecule has 90 valence electrons. The minimum Gasteiger partial charge on any atom is -0.496 e. The molecule has 0 aliphatic rings. The van der Waals surface area contributed by atoms with Crippen molar-refractivity contribution in [3.63, 3.8) is 0 Å². The van der Waals surface area contributed by atoms with Gasteiger partial charge in [-0.2, -0.15) is 5.26 Å². The van der Waals surface area contributed by atoms with Crippen LogP contribution in [0.4, 0.5) is 0 Å². The SMILES string of the molecule is CCOC(=O)Cc1cc(C#N)cc(OC)c1Br. The van der Waals surface area contributed by atoms with Crippen molar-refractivity contribution < 1.29 is 14.3 Å². The Labute approximate surface area is 108 Å². The third-order valence-electron chi connectivity index (χ3n) is 2.10. The highest BCUT2D eigenvalue weighted by molar-refractivity contribution is 9.10. The predicted octanol–water partition coefficient (Wildman–Crippen LogP) is 2.43. The van der Waals surface area contributed by atoms with Gasteiger partial charge < -0.3 is 9.47 Å². The molecule has 0 bridgehead atoms. The van der Waals surface area contributed by atoms with E-state index >= 15 is 0 Å². The van der Waals surface area contributed by atoms with Crippen molar-refractivity contribution >= 4 is 21.9 Å². The zero-order valence-electron chi connectivity index (χ0n) is 9.62. The van der Waals surface area contributed by atoms with E-state index in [2.05, 4.69) is 15.9 Å². The topological polar surface area (TPSA) is 59.3 Å². The molecule has 0 aliphatic carbocycles. The van der Waals surface area contributed by atoms with Crippen LogP contribution in [0.25, 0.3) is 0 Å². The number of methoxy groups -OCH3 is 1. The van der Waals surface area contributed by atoms with Gasteiger partial charge in [0.15, 0.2) is 0 Å². The molecule has 0 spiro atoms. The van der Waals surface area contributed by atoms with Crippen LogP contribution in [0.5, 0.6) is 5.75 Å². The van der Waals surface area contributed by atoms with E-state index < -0.39 is 0 Å². The standard InChI is InChI=1S/C12H12BrNO3/c1-3-17-11(15)6-9-4-8(7-14)5-10(16-2)12(9)13/h4-5H,3,6H2,1-2H3. The summed E-state index contributed by atoms with van der Waals surface area (Å²) < 4.78 is 10.7. The van der Waals surface area contributed by atoms with Crippen LogP contribution < -0.4 is 4.74 Å². The average molecular weight is 298 g/mol. The Balaban J connectivity index is 3.06. The van der Waals surface area contributed by atoms with E-state index in [0.29, 0.717) is 28.0 Å². The number of carbonyl (C=O) groups excluding carboxylic acids is 1. The summed E-state index contributed by atoms with van der Waals surface area (Å²) in [6.45, 7) is 2.09. The van der Waals surface area contributed by atoms with Crippen LogP contribution in [-0.4, -0.2) is 19.7 Å². The van der Waals surface area contributed by atoms with Crippen LogP contribution in [0, 0.1) is 11.3 Å². The number of benzene rings is 1. The average Bonchev–Trinajstić information content (AvgIpc) is 2.32. The number of hydrogen-bond acceptors (Lipinski definition) is 4. The normalized spacial score (nSPS) is 9.53. The summed E-state index contributed by atoms with van der Waals surface area (Å²) in [6, 6.07) is 5.27. The summed E-state index contributed by atoms with van der Waals surface area (Å²) in [7, 11) is 1.51. The number of nitrogens with zero attached hydrogens (tertiary/aromatic N) is 1. The van der Waals surface area contributed by atoms with E-state index in [1.807, 2.05) is 6.07 Å². The Hall–Kier alpha value is -1.54. The molecule has 1 aromatic carbocycles. The Morgan fingerprint density at radius 2 is 2.24 bits per heavy atom. The fourth-order valence-corrected chi connectivity index (χ4v) is 1.90. The molecule has 1 aromatic rings. The maximum absolute atomic E-state index is 11.4. The Morgan fingerprint density at radius 1 is 1.53 bits per heavy atom. The second-order valence-corrected chi connectivity index (χ2v) is 4.04. The van der Waals surface area contributed by atoms with Gasteiger partial charge in [-0.05, 0) is 40.5 Å². The minimum absolute atomic E-state index is 0.111. The van der Waals surface area contributed by atoms with E-state index in [9.17, 15) is 4.79 Å². The monoisotopic (exact) mass is 297 g/mol. The van der Waals surface area contributed by atoms with Crippen LogP contribution in [0.2, 0.25) is 0 Å². The number of nitriles is 1. The number of rotatable bonds is 4. The quantitative estimate of drug-likeness (QED) is 0.801. The van der Waals surface area contributed by atoms with Crippen molar-refractivity contribution in [3.8, 4) is 11.8 Å². The van der Waals surface area contributed by atoms with Crippen molar-refractivity contribution in [3.05, 3.63) is 27.7 Å². The number of halogens is 1. The Kier molecular flexibility index (Phi) is 4.98. The number of hydrogen-bond donors (Lipinski definition) is 0. The first-order valence-corrected chi connectivity index (χ1v) is 5.83. The fraction of sp³-hybridized carbons (Fsp3) is 0.333. The van der Waals surface area contributed by atoms with Crippen molar-refractivity contribution in [2.45, 2.75) is 13.3 Å². The third kappa shape index (κ3) is 3.46. The van der Waals surface area contributed by atoms with E-state index in [-0.39, 0.29) is 12.4 Å². The second kappa shape index (κ2) is 6.26. The second-order valence-electron chi connectivity index (χ2n) is 3.25. The zero-order valence-corrected chi connectivity index (χ0v) is 11.2. The number of ether oxygens (including phenoxy) is 2. The van der Waals surface area contributed by atoms with Crippen LogP contribution >= 0.6 is 15.9 Å². The summed E-state index contributed by atoms with van der Waals surface area (Å²) in [5, 5.41) is 8.87. The van der Waals surface area contributed by atoms with Gasteiger partial charge in [0.1, 0.15) is 5.75 Å². The van der Waals surface area contributed by atoms with Gasteiger partial charge in [0, 0.05) is 0 Å². The highest BCUT2D eigenvalue weighted by atomic mass is 79.9. The van der Waals surface area contributed by atoms with Crippen molar-refractivity contribution in [1.29, 1.82) is 5.26 Å². The Morgan fingerprint density at radius 3 is 2.76 bits per heavy atom. The smallest absolute Gasteiger partial charge is 0.310 e. The molecule has 0 atom stereocenters. The molecular formula is C12H12BrNO3. The lowest BCUT2D eigenvalue weighted by Crippen LogP contribution is -2.08. The van der Waals surface area contributed by atoms with Gasteiger partial charge in [0.2, 0.25) is 0 Å². The molecule has 0 heterocycles. The lowest BCUT2D eigenvalue weighted by atomic mass is 10.1. The molecule has 4 nitrogen and oxygen atoms in total. The van der Waals surface area contributed by atoms with Gasteiger partial charge in [0.25, 0.3) is 0 Å². The lowest BCUT2D eigenvalue weighted by Gasteiger charge is -2.09. The molecule has 0 aliphatic heterocycles. The van der Waals surface area contributed by atoms with Crippen LogP contribution in [0.15, 0.2) is 16.6 Å². The zero-order chi connectivity index (χ0) is 12.8. The molecule has 1 rings (SSSR count). The first-order chi connectivity index (χ1) is 8.12. The summed E-state index contributed by atoms with van der Waals surface area (Å²) in [5.74, 6) is 0.202. The molecule has 17 heavy (non-hydrogen) atoms. The van der Waals surface area contributed by atoms with Gasteiger partial charge in [-0.3, -0.25) is 4.79 Å². The van der Waals surface area contributed by atoms with E-state index in [1.165, 1.54) is 7.11 Å². The first kappa shape index (κ1) is 13.5. The van der Waals surface area contributed by atoms with Gasteiger partial charge in [-0.1, -0.05) is 0 Å². The van der Waals surface area contributed by atoms with Crippen LogP contribution in [0.3, 0.4) is 0 Å². The molecule has 0 aromatic heterocycles. The molecule has 0 saturated heterocycles. The summed E-state index contributed by atoms with van der Waals surface area (Å²) >= 11 is 3.34. The van der Waals surface area contributed by atoms with E-state index in [0.717, 1.165) is 0 Å². The molecule has 0 fully saturated rings.